The number of non-ortho nitro benzene ring substituents is 1. The van der Waals surface area contributed by atoms with Crippen LogP contribution in [-0.2, 0) is 5.41 Å². The van der Waals surface area contributed by atoms with Crippen LogP contribution in [0.4, 0.5) is 20.2 Å². The highest BCUT2D eigenvalue weighted by molar-refractivity contribution is 6.08. The number of anilines is 1. The predicted molar refractivity (Wildman–Crippen MR) is 131 cm³/mol. The summed E-state index contributed by atoms with van der Waals surface area (Å²) in [5.74, 6) is -2.45. The van der Waals surface area contributed by atoms with Crippen molar-refractivity contribution in [3.63, 3.8) is 0 Å². The van der Waals surface area contributed by atoms with Crippen LogP contribution in [0.1, 0.15) is 44.7 Å². The van der Waals surface area contributed by atoms with Crippen molar-refractivity contribution in [2.45, 2.75) is 25.2 Å². The van der Waals surface area contributed by atoms with Crippen molar-refractivity contribution in [1.82, 2.24) is 4.90 Å². The topological polar surface area (TPSA) is 104 Å². The molecule has 1 saturated heterocycles. The summed E-state index contributed by atoms with van der Waals surface area (Å²) in [5, 5.41) is 21.2. The number of phenolic OH excluding ortho intramolecular Hbond substituents is 1. The molecule has 1 N–H and O–H groups in total. The van der Waals surface area contributed by atoms with Gasteiger partial charge in [-0.15, -0.1) is 0 Å². The molecule has 1 spiro atoms. The molecular formula is C27H23F2N3O5. The Kier molecular flexibility index (Phi) is 5.89. The Bertz CT molecular complexity index is 1430. The van der Waals surface area contributed by atoms with Crippen molar-refractivity contribution in [3.05, 3.63) is 98.6 Å². The first-order chi connectivity index (χ1) is 17.6. The average Bonchev–Trinajstić information content (AvgIpc) is 3.16. The van der Waals surface area contributed by atoms with Crippen LogP contribution in [0, 0.1) is 28.7 Å². The third kappa shape index (κ3) is 4.18. The average molecular weight is 507 g/mol. The number of amides is 2. The van der Waals surface area contributed by atoms with Gasteiger partial charge in [0.25, 0.3) is 17.5 Å². The highest BCUT2D eigenvalue weighted by atomic mass is 19.1. The van der Waals surface area contributed by atoms with Crippen LogP contribution in [0.2, 0.25) is 0 Å². The van der Waals surface area contributed by atoms with E-state index >= 15 is 0 Å². The van der Waals surface area contributed by atoms with Gasteiger partial charge in [0.2, 0.25) is 0 Å². The van der Waals surface area contributed by atoms with E-state index in [0.29, 0.717) is 29.7 Å². The Morgan fingerprint density at radius 3 is 2.43 bits per heavy atom. The van der Waals surface area contributed by atoms with Gasteiger partial charge >= 0.3 is 0 Å². The molecule has 0 atom stereocenters. The zero-order valence-corrected chi connectivity index (χ0v) is 19.9. The number of likely N-dealkylation sites (tertiary alicyclic amines) is 1. The predicted octanol–water partition coefficient (Wildman–Crippen LogP) is 4.72. The SMILES string of the molecule is Cc1cccc(F)c1C(=O)N1CCC2(CC1)CN(C(=O)c1cc(O)cc([N+](=O)[O-])c1)c1ccc(F)cc12. The summed E-state index contributed by atoms with van der Waals surface area (Å²) in [6.07, 6.45) is 0.819. The first kappa shape index (κ1) is 24.4. The number of carbonyl (C=O) groups excluding carboxylic acids is 2. The van der Waals surface area contributed by atoms with E-state index < -0.39 is 45.2 Å². The number of nitro benzene ring substituents is 1. The summed E-state index contributed by atoms with van der Waals surface area (Å²) in [5.41, 5.74) is 0.506. The number of aromatic hydroxyl groups is 1. The Morgan fingerprint density at radius 2 is 1.76 bits per heavy atom. The van der Waals surface area contributed by atoms with Gasteiger partial charge in [-0.2, -0.15) is 0 Å². The van der Waals surface area contributed by atoms with Crippen LogP contribution in [0.3, 0.4) is 0 Å². The minimum Gasteiger partial charge on any atom is -0.508 e. The van der Waals surface area contributed by atoms with Crippen LogP contribution < -0.4 is 4.90 Å². The molecule has 0 saturated carbocycles. The number of phenols is 1. The Balaban J connectivity index is 1.44. The lowest BCUT2D eigenvalue weighted by atomic mass is 9.74. The first-order valence-corrected chi connectivity index (χ1v) is 11.7. The van der Waals surface area contributed by atoms with Crippen LogP contribution in [0.5, 0.6) is 5.75 Å². The largest absolute Gasteiger partial charge is 0.508 e. The summed E-state index contributed by atoms with van der Waals surface area (Å²) in [6, 6.07) is 11.8. The molecule has 0 aromatic heterocycles. The second-order valence-electron chi connectivity index (χ2n) is 9.55. The highest BCUT2D eigenvalue weighted by Crippen LogP contribution is 2.48. The molecule has 2 aliphatic heterocycles. The van der Waals surface area contributed by atoms with Gasteiger partial charge in [0.15, 0.2) is 0 Å². The Morgan fingerprint density at radius 1 is 1.03 bits per heavy atom. The maximum atomic E-state index is 14.4. The van der Waals surface area contributed by atoms with E-state index in [9.17, 15) is 33.6 Å². The molecule has 37 heavy (non-hydrogen) atoms. The van der Waals surface area contributed by atoms with Gasteiger partial charge in [-0.1, -0.05) is 12.1 Å². The van der Waals surface area contributed by atoms with Gasteiger partial charge in [0.1, 0.15) is 17.4 Å². The molecule has 5 rings (SSSR count). The third-order valence-electron chi connectivity index (χ3n) is 7.33. The van der Waals surface area contributed by atoms with E-state index in [2.05, 4.69) is 0 Å². The molecule has 0 aliphatic carbocycles. The zero-order valence-electron chi connectivity index (χ0n) is 19.9. The normalized spacial score (nSPS) is 16.1. The van der Waals surface area contributed by atoms with Gasteiger partial charge in [0, 0.05) is 36.8 Å². The van der Waals surface area contributed by atoms with Crippen molar-refractivity contribution in [1.29, 1.82) is 0 Å². The standard InChI is InChI=1S/C27H23F2N3O5/c1-16-3-2-4-22(29)24(16)26(35)30-9-7-27(8-10-30)15-31(23-6-5-18(28)13-21(23)27)25(34)17-11-19(32(36)37)14-20(33)12-17/h2-6,11-14,33H,7-10,15H2,1H3. The lowest BCUT2D eigenvalue weighted by Gasteiger charge is -2.40. The van der Waals surface area contributed by atoms with Gasteiger partial charge in [0.05, 0.1) is 22.1 Å². The number of nitrogens with zero attached hydrogens (tertiary/aromatic N) is 3. The molecule has 3 aromatic rings. The fourth-order valence-corrected chi connectivity index (χ4v) is 5.43. The maximum Gasteiger partial charge on any atom is 0.273 e. The van der Waals surface area contributed by atoms with Gasteiger partial charge in [-0.25, -0.2) is 8.78 Å². The smallest absolute Gasteiger partial charge is 0.273 e. The van der Waals surface area contributed by atoms with Crippen molar-refractivity contribution in [2.24, 2.45) is 0 Å². The minimum atomic E-state index is -0.699. The molecular weight excluding hydrogens is 484 g/mol. The fourth-order valence-electron chi connectivity index (χ4n) is 5.43. The van der Waals surface area contributed by atoms with Crippen LogP contribution >= 0.6 is 0 Å². The monoisotopic (exact) mass is 507 g/mol. The number of carbonyl (C=O) groups is 2. The Labute approximate surface area is 210 Å². The third-order valence-corrected chi connectivity index (χ3v) is 7.33. The molecule has 2 amide bonds. The summed E-state index contributed by atoms with van der Waals surface area (Å²) >= 11 is 0. The summed E-state index contributed by atoms with van der Waals surface area (Å²) in [6.45, 7) is 2.41. The van der Waals surface area contributed by atoms with Gasteiger partial charge in [-0.05, 0) is 61.2 Å². The molecule has 0 unspecified atom stereocenters. The van der Waals surface area contributed by atoms with E-state index in [1.807, 2.05) is 0 Å². The Hall–Kier alpha value is -4.34. The van der Waals surface area contributed by atoms with Crippen molar-refractivity contribution in [2.75, 3.05) is 24.5 Å². The number of halogens is 2. The van der Waals surface area contributed by atoms with E-state index in [1.165, 1.54) is 29.2 Å². The van der Waals surface area contributed by atoms with Crippen LogP contribution in [0.25, 0.3) is 0 Å². The van der Waals surface area contributed by atoms with E-state index in [-0.39, 0.29) is 30.8 Å². The van der Waals surface area contributed by atoms with Crippen molar-refractivity contribution in [3.8, 4) is 5.75 Å². The number of hydrogen-bond acceptors (Lipinski definition) is 5. The van der Waals surface area contributed by atoms with Gasteiger partial charge in [-0.3, -0.25) is 19.7 Å². The molecule has 1 fully saturated rings. The molecule has 190 valence electrons. The lowest BCUT2D eigenvalue weighted by Crippen LogP contribution is -2.48. The number of rotatable bonds is 3. The number of hydrogen-bond donors (Lipinski definition) is 1. The summed E-state index contributed by atoms with van der Waals surface area (Å²) in [4.78, 5) is 40.1. The summed E-state index contributed by atoms with van der Waals surface area (Å²) < 4.78 is 28.7. The lowest BCUT2D eigenvalue weighted by molar-refractivity contribution is -0.385. The van der Waals surface area contributed by atoms with Crippen molar-refractivity contribution < 1.29 is 28.4 Å². The van der Waals surface area contributed by atoms with E-state index in [4.69, 9.17) is 0 Å². The van der Waals surface area contributed by atoms with Crippen LogP contribution in [0.15, 0.2) is 54.6 Å². The highest BCUT2D eigenvalue weighted by Gasteiger charge is 2.47. The number of nitro groups is 1. The number of benzene rings is 3. The molecule has 3 aromatic carbocycles. The zero-order chi connectivity index (χ0) is 26.5. The molecule has 0 radical (unpaired) electrons. The second-order valence-corrected chi connectivity index (χ2v) is 9.55. The number of aryl methyl sites for hydroxylation is 1. The number of fused-ring (bicyclic) bond motifs is 2. The van der Waals surface area contributed by atoms with Crippen molar-refractivity contribution >= 4 is 23.2 Å². The molecule has 8 nitrogen and oxygen atoms in total. The molecule has 0 bridgehead atoms. The number of piperidine rings is 1. The molecule has 2 heterocycles. The van der Waals surface area contributed by atoms with Gasteiger partial charge < -0.3 is 14.9 Å². The van der Waals surface area contributed by atoms with E-state index in [1.54, 1.807) is 24.0 Å². The van der Waals surface area contributed by atoms with Crippen LogP contribution in [-0.4, -0.2) is 46.4 Å². The summed E-state index contributed by atoms with van der Waals surface area (Å²) in [7, 11) is 0. The molecule has 10 heteroatoms. The second kappa shape index (κ2) is 8.95. The first-order valence-electron chi connectivity index (χ1n) is 11.7. The minimum absolute atomic E-state index is 0.0265. The quantitative estimate of drug-likeness (QED) is 0.408. The fraction of sp³-hybridized carbons (Fsp3) is 0.259. The molecule has 2 aliphatic rings. The van der Waals surface area contributed by atoms with E-state index in [0.717, 1.165) is 18.2 Å². The maximum absolute atomic E-state index is 14.4.